The molecule has 0 bridgehead atoms. The van der Waals surface area contributed by atoms with Crippen LogP contribution in [0.25, 0.3) is 0 Å². The lowest BCUT2D eigenvalue weighted by Gasteiger charge is -2.36. The first kappa shape index (κ1) is 22.2. The molecule has 1 aromatic carbocycles. The zero-order valence-electron chi connectivity index (χ0n) is 19.1. The van der Waals surface area contributed by atoms with E-state index in [0.717, 1.165) is 51.6 Å². The second kappa shape index (κ2) is 11.1. The lowest BCUT2D eigenvalue weighted by atomic mass is 10.2. The molecule has 3 rings (SSSR count). The van der Waals surface area contributed by atoms with Crippen molar-refractivity contribution in [2.24, 2.45) is 12.0 Å². The Bertz CT molecular complexity index is 804. The van der Waals surface area contributed by atoms with Gasteiger partial charge in [0.25, 0.3) is 0 Å². The molecule has 6 nitrogen and oxygen atoms in total. The second-order valence-electron chi connectivity index (χ2n) is 8.32. The SMILES string of the molecule is CN=C(NCCCCN1CCN(c2cccc(C)c2)CC1)N(C)Cc1cccn1C. The van der Waals surface area contributed by atoms with E-state index in [2.05, 4.69) is 93.2 Å². The van der Waals surface area contributed by atoms with Crippen LogP contribution in [-0.4, -0.2) is 73.7 Å². The van der Waals surface area contributed by atoms with Crippen molar-refractivity contribution in [3.8, 4) is 0 Å². The number of piperazine rings is 1. The number of guanidine groups is 1. The van der Waals surface area contributed by atoms with Gasteiger partial charge in [0.1, 0.15) is 0 Å². The molecule has 30 heavy (non-hydrogen) atoms. The third kappa shape index (κ3) is 6.26. The van der Waals surface area contributed by atoms with Crippen molar-refractivity contribution in [3.05, 3.63) is 53.9 Å². The molecule has 6 heteroatoms. The minimum Gasteiger partial charge on any atom is -0.369 e. The molecule has 1 N–H and O–H groups in total. The van der Waals surface area contributed by atoms with Crippen LogP contribution in [0.15, 0.2) is 47.6 Å². The van der Waals surface area contributed by atoms with E-state index < -0.39 is 0 Å². The van der Waals surface area contributed by atoms with Gasteiger partial charge >= 0.3 is 0 Å². The lowest BCUT2D eigenvalue weighted by molar-refractivity contribution is 0.253. The summed E-state index contributed by atoms with van der Waals surface area (Å²) in [7, 11) is 6.04. The van der Waals surface area contributed by atoms with Gasteiger partial charge in [-0.25, -0.2) is 0 Å². The van der Waals surface area contributed by atoms with Crippen LogP contribution in [0.5, 0.6) is 0 Å². The fourth-order valence-electron chi connectivity index (χ4n) is 4.08. The van der Waals surface area contributed by atoms with Crippen LogP contribution in [0.3, 0.4) is 0 Å². The summed E-state index contributed by atoms with van der Waals surface area (Å²) in [6, 6.07) is 13.1. The van der Waals surface area contributed by atoms with Gasteiger partial charge < -0.3 is 19.7 Å². The summed E-state index contributed by atoms with van der Waals surface area (Å²) in [4.78, 5) is 11.7. The van der Waals surface area contributed by atoms with Gasteiger partial charge in [0.05, 0.1) is 6.54 Å². The first-order valence-electron chi connectivity index (χ1n) is 11.1. The molecular formula is C24H38N6. The molecule has 0 atom stereocenters. The van der Waals surface area contributed by atoms with Gasteiger partial charge in [-0.15, -0.1) is 0 Å². The van der Waals surface area contributed by atoms with Crippen molar-refractivity contribution in [1.82, 2.24) is 19.7 Å². The summed E-state index contributed by atoms with van der Waals surface area (Å²) in [6.07, 6.45) is 4.46. The summed E-state index contributed by atoms with van der Waals surface area (Å²) in [6.45, 7) is 9.73. The summed E-state index contributed by atoms with van der Waals surface area (Å²) in [5, 5.41) is 3.51. The number of aliphatic imine (C=N–C) groups is 1. The number of hydrogen-bond donors (Lipinski definition) is 1. The number of aromatic nitrogens is 1. The number of anilines is 1. The van der Waals surface area contributed by atoms with E-state index in [1.807, 2.05) is 7.05 Å². The smallest absolute Gasteiger partial charge is 0.193 e. The molecule has 0 saturated carbocycles. The van der Waals surface area contributed by atoms with Crippen molar-refractivity contribution < 1.29 is 0 Å². The minimum absolute atomic E-state index is 0.856. The third-order valence-electron chi connectivity index (χ3n) is 5.95. The summed E-state index contributed by atoms with van der Waals surface area (Å²) >= 11 is 0. The zero-order valence-corrected chi connectivity index (χ0v) is 19.1. The highest BCUT2D eigenvalue weighted by Gasteiger charge is 2.16. The Labute approximate surface area is 182 Å². The maximum Gasteiger partial charge on any atom is 0.193 e. The molecule has 0 radical (unpaired) electrons. The summed E-state index contributed by atoms with van der Waals surface area (Å²) < 4.78 is 2.16. The highest BCUT2D eigenvalue weighted by Crippen LogP contribution is 2.17. The Balaban J connectivity index is 1.31. The van der Waals surface area contributed by atoms with Crippen LogP contribution in [0.2, 0.25) is 0 Å². The average Bonchev–Trinajstić information content (AvgIpc) is 3.15. The molecule has 1 fully saturated rings. The molecule has 164 valence electrons. The quantitative estimate of drug-likeness (QED) is 0.413. The van der Waals surface area contributed by atoms with Gasteiger partial charge in [0, 0.05) is 71.4 Å². The van der Waals surface area contributed by atoms with E-state index in [0.29, 0.717) is 0 Å². The van der Waals surface area contributed by atoms with Crippen molar-refractivity contribution >= 4 is 11.6 Å². The first-order chi connectivity index (χ1) is 14.6. The van der Waals surface area contributed by atoms with Gasteiger partial charge in [-0.1, -0.05) is 12.1 Å². The number of rotatable bonds is 8. The maximum absolute atomic E-state index is 4.44. The van der Waals surface area contributed by atoms with E-state index in [1.54, 1.807) is 0 Å². The highest BCUT2D eigenvalue weighted by atomic mass is 15.3. The number of nitrogens with one attached hydrogen (secondary N) is 1. The largest absolute Gasteiger partial charge is 0.369 e. The monoisotopic (exact) mass is 410 g/mol. The van der Waals surface area contributed by atoms with Crippen LogP contribution in [0, 0.1) is 6.92 Å². The molecule has 1 aromatic heterocycles. The number of aryl methyl sites for hydroxylation is 2. The van der Waals surface area contributed by atoms with Crippen molar-refractivity contribution in [1.29, 1.82) is 0 Å². The minimum atomic E-state index is 0.856. The van der Waals surface area contributed by atoms with Crippen LogP contribution >= 0.6 is 0 Å². The fraction of sp³-hybridized carbons (Fsp3) is 0.542. The summed E-state index contributed by atoms with van der Waals surface area (Å²) in [5.41, 5.74) is 3.99. The van der Waals surface area contributed by atoms with Gasteiger partial charge in [0.15, 0.2) is 5.96 Å². The van der Waals surface area contributed by atoms with Crippen LogP contribution < -0.4 is 10.2 Å². The van der Waals surface area contributed by atoms with Crippen LogP contribution in [-0.2, 0) is 13.6 Å². The number of benzene rings is 1. The summed E-state index contributed by atoms with van der Waals surface area (Å²) in [5.74, 6) is 0.961. The molecule has 2 aromatic rings. The van der Waals surface area contributed by atoms with Gasteiger partial charge in [-0.3, -0.25) is 9.89 Å². The maximum atomic E-state index is 4.44. The molecule has 0 amide bonds. The molecule has 0 spiro atoms. The molecule has 1 aliphatic rings. The highest BCUT2D eigenvalue weighted by molar-refractivity contribution is 5.79. The average molecular weight is 411 g/mol. The Hall–Kier alpha value is -2.47. The predicted octanol–water partition coefficient (Wildman–Crippen LogP) is 2.94. The van der Waals surface area contributed by atoms with E-state index in [4.69, 9.17) is 0 Å². The molecular weight excluding hydrogens is 372 g/mol. The van der Waals surface area contributed by atoms with Crippen molar-refractivity contribution in [2.45, 2.75) is 26.3 Å². The Morgan fingerprint density at radius 2 is 1.90 bits per heavy atom. The van der Waals surface area contributed by atoms with Crippen LogP contribution in [0.1, 0.15) is 24.1 Å². The van der Waals surface area contributed by atoms with Crippen molar-refractivity contribution in [2.75, 3.05) is 58.3 Å². The zero-order chi connectivity index (χ0) is 21.3. The molecule has 2 heterocycles. The topological polar surface area (TPSA) is 39.0 Å². The van der Waals surface area contributed by atoms with E-state index in [9.17, 15) is 0 Å². The Kier molecular flexibility index (Phi) is 8.20. The molecule has 0 aliphatic carbocycles. The number of nitrogens with zero attached hydrogens (tertiary/aromatic N) is 5. The first-order valence-corrected chi connectivity index (χ1v) is 11.1. The molecule has 1 saturated heterocycles. The van der Waals surface area contributed by atoms with Crippen LogP contribution in [0.4, 0.5) is 5.69 Å². The second-order valence-corrected chi connectivity index (χ2v) is 8.32. The van der Waals surface area contributed by atoms with Gasteiger partial charge in [-0.2, -0.15) is 0 Å². The van der Waals surface area contributed by atoms with E-state index in [1.165, 1.54) is 29.9 Å². The Morgan fingerprint density at radius 1 is 1.10 bits per heavy atom. The lowest BCUT2D eigenvalue weighted by Crippen LogP contribution is -2.46. The fourth-order valence-corrected chi connectivity index (χ4v) is 4.08. The van der Waals surface area contributed by atoms with Gasteiger partial charge in [-0.05, 0) is 56.1 Å². The number of unbranched alkanes of at least 4 members (excludes halogenated alkanes) is 1. The van der Waals surface area contributed by atoms with E-state index in [-0.39, 0.29) is 0 Å². The third-order valence-corrected chi connectivity index (χ3v) is 5.95. The standard InChI is InChI=1S/C24H38N6/c1-21-9-7-10-22(19-21)30-17-15-29(16-18-30)14-6-5-12-26-24(25-2)28(4)20-23-11-8-13-27(23)3/h7-11,13,19H,5-6,12,14-18,20H2,1-4H3,(H,25,26). The van der Waals surface area contributed by atoms with Crippen molar-refractivity contribution in [3.63, 3.8) is 0 Å². The normalized spacial score (nSPS) is 15.5. The predicted molar refractivity (Wildman–Crippen MR) is 127 cm³/mol. The van der Waals surface area contributed by atoms with E-state index >= 15 is 0 Å². The number of hydrogen-bond acceptors (Lipinski definition) is 3. The molecule has 0 unspecified atom stereocenters. The Morgan fingerprint density at radius 3 is 2.57 bits per heavy atom. The van der Waals surface area contributed by atoms with Gasteiger partial charge in [0.2, 0.25) is 0 Å². The molecule has 1 aliphatic heterocycles.